The zero-order valence-electron chi connectivity index (χ0n) is 15.6. The molecule has 26 heavy (non-hydrogen) atoms. The van der Waals surface area contributed by atoms with Gasteiger partial charge in [0.05, 0.1) is 0 Å². The first-order valence-corrected chi connectivity index (χ1v) is 10.0. The van der Waals surface area contributed by atoms with Crippen LogP contribution in [0.2, 0.25) is 0 Å². The average molecular weight is 376 g/mol. The van der Waals surface area contributed by atoms with Crippen LogP contribution >= 0.6 is 11.8 Å². The Morgan fingerprint density at radius 1 is 1.35 bits per heavy atom. The number of anilines is 1. The van der Waals surface area contributed by atoms with Crippen molar-refractivity contribution in [2.75, 3.05) is 31.3 Å². The predicted octanol–water partition coefficient (Wildman–Crippen LogP) is 1.54. The molecule has 0 amide bonds. The number of hydrogen-bond acceptors (Lipinski definition) is 5. The van der Waals surface area contributed by atoms with Crippen molar-refractivity contribution >= 4 is 17.4 Å². The van der Waals surface area contributed by atoms with E-state index in [2.05, 4.69) is 51.4 Å². The van der Waals surface area contributed by atoms with Gasteiger partial charge in [-0.05, 0) is 30.7 Å². The van der Waals surface area contributed by atoms with Crippen LogP contribution in [0.1, 0.15) is 30.8 Å². The highest BCUT2D eigenvalue weighted by molar-refractivity contribution is 7.99. The Morgan fingerprint density at radius 3 is 2.81 bits per heavy atom. The highest BCUT2D eigenvalue weighted by Crippen LogP contribution is 2.22. The SMILES string of the molecule is CCCc1cc(=O)[nH]c(SC[C@@H]2C[NH2+][C@@H](c3ccc(N(C)C)cc3)O2)n1. The van der Waals surface area contributed by atoms with Crippen LogP contribution in [0.4, 0.5) is 5.69 Å². The summed E-state index contributed by atoms with van der Waals surface area (Å²) in [6, 6.07) is 10.1. The third-order valence-corrected chi connectivity index (χ3v) is 5.38. The van der Waals surface area contributed by atoms with Crippen LogP contribution in [-0.2, 0) is 11.2 Å². The average Bonchev–Trinajstić information content (AvgIpc) is 3.09. The van der Waals surface area contributed by atoms with Crippen molar-refractivity contribution < 1.29 is 10.1 Å². The molecule has 140 valence electrons. The standard InChI is InChI=1S/C19H26N4O2S/c1-4-5-14-10-17(24)22-19(21-14)26-12-16-11-20-18(25-16)13-6-8-15(9-7-13)23(2)3/h6-10,16,18,20H,4-5,11-12H2,1-3H3,(H,21,22,24)/p+1/t16-,18+/m0/s1. The van der Waals surface area contributed by atoms with Crippen LogP contribution in [-0.4, -0.2) is 42.5 Å². The second kappa shape index (κ2) is 8.70. The van der Waals surface area contributed by atoms with Gasteiger partial charge in [-0.3, -0.25) is 4.79 Å². The summed E-state index contributed by atoms with van der Waals surface area (Å²) in [6.45, 7) is 3.00. The lowest BCUT2D eigenvalue weighted by atomic mass is 10.2. The number of hydrogen-bond donors (Lipinski definition) is 2. The quantitative estimate of drug-likeness (QED) is 0.567. The number of aromatic nitrogens is 2. The molecule has 3 rings (SSSR count). The van der Waals surface area contributed by atoms with E-state index in [4.69, 9.17) is 4.74 Å². The molecule has 0 bridgehead atoms. The summed E-state index contributed by atoms with van der Waals surface area (Å²) in [7, 11) is 4.07. The molecule has 3 N–H and O–H groups in total. The zero-order chi connectivity index (χ0) is 18.5. The molecule has 0 aliphatic carbocycles. The summed E-state index contributed by atoms with van der Waals surface area (Å²) in [5.74, 6) is 0.779. The number of thioether (sulfide) groups is 1. The number of nitrogens with one attached hydrogen (secondary N) is 1. The van der Waals surface area contributed by atoms with Gasteiger partial charge < -0.3 is 19.9 Å². The van der Waals surface area contributed by atoms with Crippen molar-refractivity contribution in [3.05, 3.63) is 51.9 Å². The van der Waals surface area contributed by atoms with Crippen LogP contribution in [0.15, 0.2) is 40.3 Å². The van der Waals surface area contributed by atoms with Crippen LogP contribution < -0.4 is 15.8 Å². The van der Waals surface area contributed by atoms with Gasteiger partial charge in [0, 0.05) is 42.9 Å². The predicted molar refractivity (Wildman–Crippen MR) is 105 cm³/mol. The fraction of sp³-hybridized carbons (Fsp3) is 0.474. The lowest BCUT2D eigenvalue weighted by Gasteiger charge is -2.14. The van der Waals surface area contributed by atoms with Gasteiger partial charge in [-0.25, -0.2) is 4.98 Å². The summed E-state index contributed by atoms with van der Waals surface area (Å²) in [4.78, 5) is 21.2. The molecule has 1 aliphatic heterocycles. The maximum absolute atomic E-state index is 11.7. The number of nitrogens with zero attached hydrogens (tertiary/aromatic N) is 2. The number of benzene rings is 1. The van der Waals surface area contributed by atoms with E-state index in [1.54, 1.807) is 17.8 Å². The molecule has 2 atom stereocenters. The number of H-pyrrole nitrogens is 1. The number of aryl methyl sites for hydroxylation is 1. The number of quaternary nitrogens is 1. The maximum Gasteiger partial charge on any atom is 0.251 e. The highest BCUT2D eigenvalue weighted by Gasteiger charge is 2.30. The van der Waals surface area contributed by atoms with Gasteiger partial charge in [0.15, 0.2) is 5.16 Å². The van der Waals surface area contributed by atoms with E-state index in [0.717, 1.165) is 30.8 Å². The first-order chi connectivity index (χ1) is 12.5. The van der Waals surface area contributed by atoms with Crippen molar-refractivity contribution in [3.63, 3.8) is 0 Å². The van der Waals surface area contributed by atoms with E-state index in [0.29, 0.717) is 5.16 Å². The largest absolute Gasteiger partial charge is 0.378 e. The van der Waals surface area contributed by atoms with Crippen LogP contribution in [0.25, 0.3) is 0 Å². The van der Waals surface area contributed by atoms with Gasteiger partial charge in [0.25, 0.3) is 5.56 Å². The highest BCUT2D eigenvalue weighted by atomic mass is 32.2. The summed E-state index contributed by atoms with van der Waals surface area (Å²) >= 11 is 1.56. The molecule has 1 aromatic heterocycles. The summed E-state index contributed by atoms with van der Waals surface area (Å²) < 4.78 is 6.17. The summed E-state index contributed by atoms with van der Waals surface area (Å²) in [5, 5.41) is 2.91. The van der Waals surface area contributed by atoms with Crippen molar-refractivity contribution in [3.8, 4) is 0 Å². The summed E-state index contributed by atoms with van der Waals surface area (Å²) in [6.07, 6.45) is 1.99. The second-order valence-corrected chi connectivity index (χ2v) is 7.75. The molecule has 1 aliphatic rings. The van der Waals surface area contributed by atoms with E-state index in [9.17, 15) is 4.79 Å². The maximum atomic E-state index is 11.7. The monoisotopic (exact) mass is 375 g/mol. The minimum absolute atomic E-state index is 0.0373. The van der Waals surface area contributed by atoms with Crippen LogP contribution in [0.3, 0.4) is 0 Å². The molecule has 0 saturated carbocycles. The fourth-order valence-corrected chi connectivity index (χ4v) is 3.90. The van der Waals surface area contributed by atoms with Gasteiger partial charge in [0.2, 0.25) is 6.23 Å². The topological polar surface area (TPSA) is 74.8 Å². The first kappa shape index (κ1) is 18.9. The van der Waals surface area contributed by atoms with Crippen LogP contribution in [0, 0.1) is 0 Å². The van der Waals surface area contributed by atoms with Crippen molar-refractivity contribution in [1.29, 1.82) is 0 Å². The Balaban J connectivity index is 1.55. The minimum Gasteiger partial charge on any atom is -0.378 e. The Morgan fingerprint density at radius 2 is 2.12 bits per heavy atom. The van der Waals surface area contributed by atoms with E-state index in [1.807, 2.05) is 14.1 Å². The molecular formula is C19H27N4O2S+. The van der Waals surface area contributed by atoms with Crippen LogP contribution in [0.5, 0.6) is 0 Å². The lowest BCUT2D eigenvalue weighted by Crippen LogP contribution is -2.82. The first-order valence-electron chi connectivity index (χ1n) is 9.04. The Kier molecular flexibility index (Phi) is 6.34. The molecule has 1 fully saturated rings. The third-order valence-electron chi connectivity index (χ3n) is 4.38. The van der Waals surface area contributed by atoms with E-state index in [1.165, 1.54) is 11.3 Å². The number of rotatable bonds is 7. The number of ether oxygens (including phenoxy) is 1. The van der Waals surface area contributed by atoms with Gasteiger partial charge in [-0.2, -0.15) is 0 Å². The smallest absolute Gasteiger partial charge is 0.251 e. The molecule has 1 saturated heterocycles. The molecule has 0 unspecified atom stereocenters. The molecule has 2 heterocycles. The normalized spacial score (nSPS) is 19.7. The fourth-order valence-electron chi connectivity index (χ4n) is 2.99. The Hall–Kier alpha value is -1.83. The van der Waals surface area contributed by atoms with Gasteiger partial charge in [-0.15, -0.1) is 0 Å². The molecule has 0 spiro atoms. The molecule has 1 aromatic carbocycles. The van der Waals surface area contributed by atoms with E-state index >= 15 is 0 Å². The van der Waals surface area contributed by atoms with E-state index < -0.39 is 0 Å². The van der Waals surface area contributed by atoms with Crippen molar-refractivity contribution in [2.45, 2.75) is 37.3 Å². The Bertz CT molecular complexity index is 776. The van der Waals surface area contributed by atoms with Crippen molar-refractivity contribution in [1.82, 2.24) is 9.97 Å². The van der Waals surface area contributed by atoms with Gasteiger partial charge in [-0.1, -0.05) is 25.1 Å². The Labute approximate surface area is 158 Å². The van der Waals surface area contributed by atoms with Gasteiger partial charge in [0.1, 0.15) is 12.6 Å². The zero-order valence-corrected chi connectivity index (χ0v) is 16.4. The second-order valence-electron chi connectivity index (χ2n) is 6.74. The summed E-state index contributed by atoms with van der Waals surface area (Å²) in [5.41, 5.74) is 3.14. The molecule has 7 heteroatoms. The molecule has 6 nitrogen and oxygen atoms in total. The lowest BCUT2D eigenvalue weighted by molar-refractivity contribution is -0.697. The van der Waals surface area contributed by atoms with Gasteiger partial charge >= 0.3 is 0 Å². The van der Waals surface area contributed by atoms with Crippen molar-refractivity contribution in [2.24, 2.45) is 0 Å². The van der Waals surface area contributed by atoms with E-state index in [-0.39, 0.29) is 17.9 Å². The molecule has 0 radical (unpaired) electrons. The molecular weight excluding hydrogens is 348 g/mol. The number of nitrogens with two attached hydrogens (primary N) is 1. The molecule has 2 aromatic rings. The third kappa shape index (κ3) is 4.87. The number of aromatic amines is 1. The minimum atomic E-state index is -0.0799.